The second-order valence-corrected chi connectivity index (χ2v) is 5.34. The van der Waals surface area contributed by atoms with Gasteiger partial charge < -0.3 is 10.2 Å². The van der Waals surface area contributed by atoms with Crippen molar-refractivity contribution in [1.29, 1.82) is 0 Å². The van der Waals surface area contributed by atoms with Crippen molar-refractivity contribution in [3.8, 4) is 0 Å². The Kier molecular flexibility index (Phi) is 4.73. The lowest BCUT2D eigenvalue weighted by molar-refractivity contribution is -0.125. The van der Waals surface area contributed by atoms with Crippen molar-refractivity contribution in [2.45, 2.75) is 13.0 Å². The highest BCUT2D eigenvalue weighted by Crippen LogP contribution is 2.10. The van der Waals surface area contributed by atoms with Gasteiger partial charge in [-0.25, -0.2) is 4.79 Å². The van der Waals surface area contributed by atoms with Crippen LogP contribution >= 0.6 is 15.9 Å². The van der Waals surface area contributed by atoms with Crippen molar-refractivity contribution >= 4 is 33.8 Å². The first kappa shape index (κ1) is 14.5. The summed E-state index contributed by atoms with van der Waals surface area (Å²) in [5.74, 6) is -0.557. The largest absolute Gasteiger partial charge is 0.350 e. The molecule has 0 spiro atoms. The number of rotatable bonds is 4. The van der Waals surface area contributed by atoms with E-state index in [1.165, 1.54) is 4.90 Å². The monoisotopic (exact) mass is 339 g/mol. The molecular weight excluding hydrogens is 326 g/mol. The lowest BCUT2D eigenvalue weighted by Gasteiger charge is -2.25. The van der Waals surface area contributed by atoms with Crippen LogP contribution in [0.5, 0.6) is 0 Å². The molecule has 4 amide bonds. The van der Waals surface area contributed by atoms with Crippen LogP contribution in [0.3, 0.4) is 0 Å². The SMILES string of the molecule is O=C(CN1CCC(=O)NC1=O)NCc1ccc(Br)cc1. The molecule has 6 nitrogen and oxygen atoms in total. The zero-order valence-corrected chi connectivity index (χ0v) is 12.3. The maximum absolute atomic E-state index is 11.8. The number of nitrogens with one attached hydrogen (secondary N) is 2. The molecule has 0 unspecified atom stereocenters. The Balaban J connectivity index is 1.79. The minimum Gasteiger partial charge on any atom is -0.350 e. The van der Waals surface area contributed by atoms with E-state index >= 15 is 0 Å². The Morgan fingerprint density at radius 3 is 2.65 bits per heavy atom. The Morgan fingerprint density at radius 2 is 2.00 bits per heavy atom. The van der Waals surface area contributed by atoms with Crippen molar-refractivity contribution in [2.24, 2.45) is 0 Å². The molecule has 1 heterocycles. The Hall–Kier alpha value is -1.89. The van der Waals surface area contributed by atoms with Crippen molar-refractivity contribution < 1.29 is 14.4 Å². The number of hydrogen-bond acceptors (Lipinski definition) is 3. The number of benzene rings is 1. The van der Waals surface area contributed by atoms with Gasteiger partial charge in [-0.15, -0.1) is 0 Å². The summed E-state index contributed by atoms with van der Waals surface area (Å²) in [6.07, 6.45) is 0.228. The first-order chi connectivity index (χ1) is 9.54. The molecule has 0 radical (unpaired) electrons. The van der Waals surface area contributed by atoms with Crippen LogP contribution in [0.4, 0.5) is 4.79 Å². The molecule has 1 aromatic carbocycles. The van der Waals surface area contributed by atoms with E-state index in [4.69, 9.17) is 0 Å². The Morgan fingerprint density at radius 1 is 1.30 bits per heavy atom. The highest BCUT2D eigenvalue weighted by atomic mass is 79.9. The van der Waals surface area contributed by atoms with Crippen molar-refractivity contribution in [3.05, 3.63) is 34.3 Å². The average molecular weight is 340 g/mol. The van der Waals surface area contributed by atoms with Gasteiger partial charge in [-0.05, 0) is 17.7 Å². The third kappa shape index (κ3) is 4.06. The second kappa shape index (κ2) is 6.51. The number of hydrogen-bond donors (Lipinski definition) is 2. The van der Waals surface area contributed by atoms with Gasteiger partial charge in [0.2, 0.25) is 11.8 Å². The van der Waals surface area contributed by atoms with Crippen LogP contribution in [0.15, 0.2) is 28.7 Å². The van der Waals surface area contributed by atoms with E-state index in [2.05, 4.69) is 26.6 Å². The molecule has 1 aliphatic heterocycles. The minimum absolute atomic E-state index is 0.0460. The van der Waals surface area contributed by atoms with Crippen molar-refractivity contribution in [2.75, 3.05) is 13.1 Å². The zero-order chi connectivity index (χ0) is 14.5. The summed E-state index contributed by atoms with van der Waals surface area (Å²) in [5.41, 5.74) is 0.972. The molecule has 1 aromatic rings. The van der Waals surface area contributed by atoms with Crippen molar-refractivity contribution in [3.63, 3.8) is 0 Å². The van der Waals surface area contributed by atoms with Crippen molar-refractivity contribution in [1.82, 2.24) is 15.5 Å². The predicted molar refractivity (Wildman–Crippen MR) is 75.7 cm³/mol. The second-order valence-electron chi connectivity index (χ2n) is 4.43. The average Bonchev–Trinajstić information content (AvgIpc) is 2.41. The molecule has 1 saturated heterocycles. The summed E-state index contributed by atoms with van der Waals surface area (Å²) in [5, 5.41) is 4.91. The summed E-state index contributed by atoms with van der Waals surface area (Å²) in [4.78, 5) is 35.5. The number of carbonyl (C=O) groups excluding carboxylic acids is 3. The minimum atomic E-state index is -0.514. The number of halogens is 1. The fraction of sp³-hybridized carbons (Fsp3) is 0.308. The lowest BCUT2D eigenvalue weighted by Crippen LogP contribution is -2.52. The van der Waals surface area contributed by atoms with Crippen LogP contribution in [0, 0.1) is 0 Å². The number of amides is 4. The van der Waals surface area contributed by atoms with Gasteiger partial charge in [0.25, 0.3) is 0 Å². The van der Waals surface area contributed by atoms with Crippen LogP contribution in [-0.4, -0.2) is 35.8 Å². The van der Waals surface area contributed by atoms with E-state index in [1.807, 2.05) is 24.3 Å². The molecule has 2 rings (SSSR count). The number of urea groups is 1. The molecule has 7 heteroatoms. The number of imide groups is 1. The van der Waals surface area contributed by atoms with E-state index in [0.717, 1.165) is 10.0 Å². The fourth-order valence-electron chi connectivity index (χ4n) is 1.78. The molecular formula is C13H14BrN3O3. The van der Waals surface area contributed by atoms with Gasteiger partial charge in [0.1, 0.15) is 6.54 Å². The molecule has 0 aromatic heterocycles. The lowest BCUT2D eigenvalue weighted by atomic mass is 10.2. The van der Waals surface area contributed by atoms with Gasteiger partial charge in [-0.2, -0.15) is 0 Å². The van der Waals surface area contributed by atoms with Gasteiger partial charge in [0.05, 0.1) is 0 Å². The first-order valence-electron chi connectivity index (χ1n) is 6.14. The van der Waals surface area contributed by atoms with E-state index in [1.54, 1.807) is 0 Å². The molecule has 0 aliphatic carbocycles. The van der Waals surface area contributed by atoms with E-state index in [9.17, 15) is 14.4 Å². The highest BCUT2D eigenvalue weighted by Gasteiger charge is 2.24. The van der Waals surface area contributed by atoms with Crippen LogP contribution < -0.4 is 10.6 Å². The normalized spacial score (nSPS) is 14.9. The van der Waals surface area contributed by atoms with Gasteiger partial charge in [0.15, 0.2) is 0 Å². The van der Waals surface area contributed by atoms with Crippen LogP contribution in [0.25, 0.3) is 0 Å². The third-order valence-electron chi connectivity index (χ3n) is 2.88. The maximum atomic E-state index is 11.8. The van der Waals surface area contributed by atoms with Gasteiger partial charge in [0, 0.05) is 24.0 Å². The van der Waals surface area contributed by atoms with E-state index in [0.29, 0.717) is 6.54 Å². The molecule has 0 bridgehead atoms. The topological polar surface area (TPSA) is 78.5 Å². The third-order valence-corrected chi connectivity index (χ3v) is 3.41. The summed E-state index contributed by atoms with van der Waals surface area (Å²) in [6.45, 7) is 0.631. The molecule has 106 valence electrons. The maximum Gasteiger partial charge on any atom is 0.324 e. The standard InChI is InChI=1S/C13H14BrN3O3/c14-10-3-1-9(2-4-10)7-15-12(19)8-17-6-5-11(18)16-13(17)20/h1-4H,5-8H2,(H,15,19)(H,16,18,20). The summed E-state index contributed by atoms with van der Waals surface area (Å²) >= 11 is 3.34. The molecule has 1 aliphatic rings. The number of nitrogens with zero attached hydrogens (tertiary/aromatic N) is 1. The van der Waals surface area contributed by atoms with E-state index < -0.39 is 6.03 Å². The quantitative estimate of drug-likeness (QED) is 0.859. The Bertz CT molecular complexity index is 530. The summed E-state index contributed by atoms with van der Waals surface area (Å²) in [6, 6.07) is 7.07. The molecule has 0 saturated carbocycles. The van der Waals surface area contributed by atoms with E-state index in [-0.39, 0.29) is 31.3 Å². The Labute approximate surface area is 124 Å². The van der Waals surface area contributed by atoms with Gasteiger partial charge in [-0.1, -0.05) is 28.1 Å². The van der Waals surface area contributed by atoms with Crippen LogP contribution in [0.1, 0.15) is 12.0 Å². The molecule has 0 atom stereocenters. The smallest absolute Gasteiger partial charge is 0.324 e. The molecule has 1 fully saturated rings. The van der Waals surface area contributed by atoms with Gasteiger partial charge in [-0.3, -0.25) is 14.9 Å². The zero-order valence-electron chi connectivity index (χ0n) is 10.7. The van der Waals surface area contributed by atoms with Crippen LogP contribution in [0.2, 0.25) is 0 Å². The predicted octanol–water partition coefficient (Wildman–Crippen LogP) is 1.01. The van der Waals surface area contributed by atoms with Crippen LogP contribution in [-0.2, 0) is 16.1 Å². The first-order valence-corrected chi connectivity index (χ1v) is 6.94. The number of carbonyl (C=O) groups is 3. The summed E-state index contributed by atoms with van der Waals surface area (Å²) < 4.78 is 0.974. The molecule has 20 heavy (non-hydrogen) atoms. The highest BCUT2D eigenvalue weighted by molar-refractivity contribution is 9.10. The fourth-order valence-corrected chi connectivity index (χ4v) is 2.05. The molecule has 2 N–H and O–H groups in total. The summed E-state index contributed by atoms with van der Waals surface area (Å²) in [7, 11) is 0. The van der Waals surface area contributed by atoms with Gasteiger partial charge >= 0.3 is 6.03 Å².